The molecule has 1 aliphatic heterocycles. The Kier molecular flexibility index (Phi) is 6.98. The maximum atomic E-state index is 12.9. The smallest absolute Gasteiger partial charge is 0.291 e. The van der Waals surface area contributed by atoms with Crippen LogP contribution >= 0.6 is 0 Å². The van der Waals surface area contributed by atoms with Gasteiger partial charge in [-0.25, -0.2) is 4.68 Å². The molecule has 0 aromatic carbocycles. The molecule has 3 aromatic rings. The Morgan fingerprint density at radius 2 is 1.97 bits per heavy atom. The quantitative estimate of drug-likeness (QED) is 0.515. The number of nitrogens with zero attached hydrogens (tertiary/aromatic N) is 4. The average molecular weight is 442 g/mol. The predicted octanol–water partition coefficient (Wildman–Crippen LogP) is 3.35. The number of furan rings is 1. The fourth-order valence-corrected chi connectivity index (χ4v) is 4.99. The van der Waals surface area contributed by atoms with Crippen LogP contribution in [0.5, 0.6) is 0 Å². The van der Waals surface area contributed by atoms with Crippen molar-refractivity contribution in [3.63, 3.8) is 0 Å². The van der Waals surface area contributed by atoms with Crippen molar-refractivity contribution in [3.05, 3.63) is 34.6 Å². The monoisotopic (exact) mass is 441 g/mol. The largest absolute Gasteiger partial charge is 0.463 e. The molecule has 4 rings (SSSR count). The molecule has 0 aliphatic carbocycles. The molecule has 1 N–H and O–H groups in total. The van der Waals surface area contributed by atoms with E-state index in [1.54, 1.807) is 12.3 Å². The van der Waals surface area contributed by atoms with E-state index < -0.39 is 0 Å². The summed E-state index contributed by atoms with van der Waals surface area (Å²) in [4.78, 5) is 27.7. The third-order valence-electron chi connectivity index (χ3n) is 6.75. The van der Waals surface area contributed by atoms with Crippen molar-refractivity contribution < 1.29 is 9.21 Å². The average Bonchev–Trinajstić information content (AvgIpc) is 3.36. The molecule has 3 aromatic heterocycles. The first-order valence-electron chi connectivity index (χ1n) is 12.0. The van der Waals surface area contributed by atoms with Crippen molar-refractivity contribution in [2.24, 2.45) is 0 Å². The van der Waals surface area contributed by atoms with Gasteiger partial charge in [0, 0.05) is 56.7 Å². The predicted molar refractivity (Wildman–Crippen MR) is 125 cm³/mol. The van der Waals surface area contributed by atoms with E-state index in [-0.39, 0.29) is 11.5 Å². The second kappa shape index (κ2) is 9.90. The molecule has 8 nitrogen and oxygen atoms in total. The number of piperidine rings is 1. The number of carbonyl (C=O) groups is 1. The van der Waals surface area contributed by atoms with Gasteiger partial charge in [-0.1, -0.05) is 13.3 Å². The summed E-state index contributed by atoms with van der Waals surface area (Å²) < 4.78 is 8.81. The van der Waals surface area contributed by atoms with Crippen LogP contribution in [-0.4, -0.2) is 50.2 Å². The number of hydrogen-bond acceptors (Lipinski definition) is 5. The number of amides is 1. The fraction of sp³-hybridized carbons (Fsp3) is 0.625. The fourth-order valence-electron chi connectivity index (χ4n) is 4.99. The minimum Gasteiger partial charge on any atom is -0.463 e. The highest BCUT2D eigenvalue weighted by Crippen LogP contribution is 2.22. The molecule has 174 valence electrons. The Hall–Kier alpha value is -2.61. The molecule has 0 saturated carbocycles. The number of carbonyl (C=O) groups excluding carboxylic acids is 1. The van der Waals surface area contributed by atoms with Crippen LogP contribution in [0.4, 0.5) is 0 Å². The molecule has 32 heavy (non-hydrogen) atoms. The summed E-state index contributed by atoms with van der Waals surface area (Å²) in [5.74, 6) is 0.844. The maximum absolute atomic E-state index is 12.9. The highest BCUT2D eigenvalue weighted by molar-refractivity contribution is 5.82. The Morgan fingerprint density at radius 1 is 1.19 bits per heavy atom. The number of aromatic nitrogens is 3. The Labute approximate surface area is 188 Å². The molecule has 0 bridgehead atoms. The van der Waals surface area contributed by atoms with Crippen molar-refractivity contribution in [2.75, 3.05) is 13.1 Å². The molecule has 1 amide bonds. The number of nitrogens with one attached hydrogen (secondary N) is 1. The van der Waals surface area contributed by atoms with E-state index in [1.165, 1.54) is 23.9 Å². The van der Waals surface area contributed by atoms with Gasteiger partial charge in [0.25, 0.3) is 5.56 Å². The molecule has 0 spiro atoms. The molecular weight excluding hydrogens is 406 g/mol. The Balaban J connectivity index is 1.27. The minimum absolute atomic E-state index is 0.0368. The number of aryl methyl sites for hydroxylation is 2. The van der Waals surface area contributed by atoms with E-state index in [4.69, 9.17) is 4.42 Å². The lowest BCUT2D eigenvalue weighted by Crippen LogP contribution is -2.44. The summed E-state index contributed by atoms with van der Waals surface area (Å²) in [6.07, 6.45) is 8.10. The van der Waals surface area contributed by atoms with E-state index in [0.29, 0.717) is 55.5 Å². The first kappa shape index (κ1) is 22.6. The Bertz CT molecular complexity index is 1120. The molecule has 1 fully saturated rings. The van der Waals surface area contributed by atoms with Crippen LogP contribution in [0.25, 0.3) is 16.6 Å². The summed E-state index contributed by atoms with van der Waals surface area (Å²) in [6.45, 7) is 8.77. The highest BCUT2D eigenvalue weighted by atomic mass is 16.3. The van der Waals surface area contributed by atoms with Crippen LogP contribution in [-0.2, 0) is 17.8 Å². The van der Waals surface area contributed by atoms with Gasteiger partial charge in [-0.3, -0.25) is 18.9 Å². The van der Waals surface area contributed by atoms with Crippen molar-refractivity contribution in [1.29, 1.82) is 0 Å². The first-order chi connectivity index (χ1) is 15.5. The van der Waals surface area contributed by atoms with E-state index in [2.05, 4.69) is 29.2 Å². The SMILES string of the molecule is CCc1nn(CCCC(=O)NCCCN2C(C)CCCC2C)c(=O)c2cc3occc3n12. The lowest BCUT2D eigenvalue weighted by atomic mass is 9.97. The van der Waals surface area contributed by atoms with Gasteiger partial charge in [0.2, 0.25) is 5.91 Å². The van der Waals surface area contributed by atoms with Crippen LogP contribution in [0.1, 0.15) is 65.1 Å². The third-order valence-corrected chi connectivity index (χ3v) is 6.75. The number of fused-ring (bicyclic) bond motifs is 3. The zero-order valence-electron chi connectivity index (χ0n) is 19.5. The van der Waals surface area contributed by atoms with Gasteiger partial charge < -0.3 is 9.73 Å². The van der Waals surface area contributed by atoms with E-state index in [9.17, 15) is 9.59 Å². The second-order valence-electron chi connectivity index (χ2n) is 9.01. The van der Waals surface area contributed by atoms with Gasteiger partial charge in [0.15, 0.2) is 5.58 Å². The normalized spacial score (nSPS) is 19.7. The number of rotatable bonds is 9. The standard InChI is InChI=1S/C24H35N5O3/c1-4-22-26-28(24(31)20-16-21-19(29(20)22)11-15-32-21)14-6-10-23(30)25-12-7-13-27-17(2)8-5-9-18(27)3/h11,15-18H,4-10,12-14H2,1-3H3,(H,25,30). The highest BCUT2D eigenvalue weighted by Gasteiger charge is 2.23. The Morgan fingerprint density at radius 3 is 2.72 bits per heavy atom. The summed E-state index contributed by atoms with van der Waals surface area (Å²) in [7, 11) is 0. The van der Waals surface area contributed by atoms with Gasteiger partial charge in [-0.05, 0) is 39.5 Å². The molecule has 2 atom stereocenters. The van der Waals surface area contributed by atoms with Gasteiger partial charge in [-0.2, -0.15) is 5.10 Å². The topological polar surface area (TPSA) is 84.8 Å². The van der Waals surface area contributed by atoms with Crippen LogP contribution < -0.4 is 10.9 Å². The second-order valence-corrected chi connectivity index (χ2v) is 9.01. The number of likely N-dealkylation sites (tertiary alicyclic amines) is 1. The van der Waals surface area contributed by atoms with Crippen LogP contribution in [0.2, 0.25) is 0 Å². The van der Waals surface area contributed by atoms with Gasteiger partial charge in [-0.15, -0.1) is 0 Å². The van der Waals surface area contributed by atoms with Crippen molar-refractivity contribution in [2.45, 2.75) is 84.3 Å². The summed E-state index contributed by atoms with van der Waals surface area (Å²) in [5, 5.41) is 7.58. The summed E-state index contributed by atoms with van der Waals surface area (Å²) >= 11 is 0. The number of hydrogen-bond donors (Lipinski definition) is 1. The van der Waals surface area contributed by atoms with Crippen LogP contribution in [0.15, 0.2) is 27.6 Å². The summed E-state index contributed by atoms with van der Waals surface area (Å²) in [5.41, 5.74) is 1.96. The van der Waals surface area contributed by atoms with E-state index in [0.717, 1.165) is 24.3 Å². The lowest BCUT2D eigenvalue weighted by molar-refractivity contribution is -0.121. The molecule has 2 unspecified atom stereocenters. The first-order valence-corrected chi connectivity index (χ1v) is 12.0. The van der Waals surface area contributed by atoms with Crippen molar-refractivity contribution in [1.82, 2.24) is 24.4 Å². The molecular formula is C24H35N5O3. The van der Waals surface area contributed by atoms with Gasteiger partial charge in [0.1, 0.15) is 11.3 Å². The van der Waals surface area contributed by atoms with Crippen LogP contribution in [0.3, 0.4) is 0 Å². The zero-order chi connectivity index (χ0) is 22.7. The maximum Gasteiger partial charge on any atom is 0.291 e. The van der Waals surface area contributed by atoms with E-state index >= 15 is 0 Å². The lowest BCUT2D eigenvalue weighted by Gasteiger charge is -2.39. The summed E-state index contributed by atoms with van der Waals surface area (Å²) in [6, 6.07) is 4.89. The zero-order valence-corrected chi connectivity index (χ0v) is 19.5. The van der Waals surface area contributed by atoms with E-state index in [1.807, 2.05) is 17.4 Å². The molecule has 8 heteroatoms. The molecule has 4 heterocycles. The van der Waals surface area contributed by atoms with Gasteiger partial charge >= 0.3 is 0 Å². The van der Waals surface area contributed by atoms with Crippen molar-refractivity contribution in [3.8, 4) is 0 Å². The minimum atomic E-state index is -0.154. The molecule has 0 radical (unpaired) electrons. The molecule has 1 aliphatic rings. The van der Waals surface area contributed by atoms with Crippen LogP contribution in [0, 0.1) is 0 Å². The van der Waals surface area contributed by atoms with Gasteiger partial charge in [0.05, 0.1) is 11.8 Å². The van der Waals surface area contributed by atoms with Crippen molar-refractivity contribution >= 4 is 22.5 Å². The third kappa shape index (κ3) is 4.60. The molecule has 1 saturated heterocycles.